The standard InChI is InChI=1S/C21H17ClFN5/c1-28-11-10-24-20(28)17-13-26-21(25-12-15-4-2-3-5-18(15)23)27-19(17)14-6-8-16(22)9-7-14/h2-11,13H,12H2,1H3,(H,25,26,27). The Labute approximate surface area is 166 Å². The number of anilines is 1. The van der Waals surface area contributed by atoms with Gasteiger partial charge in [-0.3, -0.25) is 0 Å². The number of nitrogens with one attached hydrogen (secondary N) is 1. The molecule has 0 aliphatic rings. The normalized spacial score (nSPS) is 10.8. The van der Waals surface area contributed by atoms with Crippen LogP contribution in [-0.2, 0) is 13.6 Å². The number of aryl methyl sites for hydroxylation is 1. The van der Waals surface area contributed by atoms with Gasteiger partial charge < -0.3 is 9.88 Å². The Morgan fingerprint density at radius 3 is 2.57 bits per heavy atom. The third-order valence-electron chi connectivity index (χ3n) is 4.36. The molecule has 0 atom stereocenters. The lowest BCUT2D eigenvalue weighted by molar-refractivity contribution is 0.612. The Hall–Kier alpha value is -3.25. The van der Waals surface area contributed by atoms with Crippen molar-refractivity contribution in [1.82, 2.24) is 19.5 Å². The number of aromatic nitrogens is 4. The second-order valence-electron chi connectivity index (χ2n) is 6.27. The minimum absolute atomic E-state index is 0.266. The largest absolute Gasteiger partial charge is 0.350 e. The van der Waals surface area contributed by atoms with Crippen LogP contribution in [-0.4, -0.2) is 19.5 Å². The number of imidazole rings is 1. The third kappa shape index (κ3) is 3.73. The molecule has 0 amide bonds. The Morgan fingerprint density at radius 2 is 1.86 bits per heavy atom. The molecule has 0 fully saturated rings. The zero-order valence-electron chi connectivity index (χ0n) is 15.1. The van der Waals surface area contributed by atoms with Crippen LogP contribution in [0.4, 0.5) is 10.3 Å². The number of benzene rings is 2. The van der Waals surface area contributed by atoms with Crippen molar-refractivity contribution in [3.05, 3.63) is 83.5 Å². The molecule has 7 heteroatoms. The minimum atomic E-state index is -0.266. The maximum Gasteiger partial charge on any atom is 0.223 e. The zero-order chi connectivity index (χ0) is 19.5. The number of rotatable bonds is 5. The lowest BCUT2D eigenvalue weighted by atomic mass is 10.1. The Kier molecular flexibility index (Phi) is 5.04. The molecule has 2 aromatic heterocycles. The first-order valence-electron chi connectivity index (χ1n) is 8.70. The average Bonchev–Trinajstić information content (AvgIpc) is 3.13. The van der Waals surface area contributed by atoms with E-state index in [1.165, 1.54) is 6.07 Å². The maximum absolute atomic E-state index is 13.9. The summed E-state index contributed by atoms with van der Waals surface area (Å²) in [7, 11) is 1.91. The van der Waals surface area contributed by atoms with Crippen LogP contribution in [0.15, 0.2) is 67.1 Å². The van der Waals surface area contributed by atoms with Gasteiger partial charge in [-0.25, -0.2) is 19.3 Å². The fraction of sp³-hybridized carbons (Fsp3) is 0.0952. The molecule has 4 rings (SSSR count). The zero-order valence-corrected chi connectivity index (χ0v) is 15.9. The summed E-state index contributed by atoms with van der Waals surface area (Å²) in [6.07, 6.45) is 5.32. The molecule has 28 heavy (non-hydrogen) atoms. The number of halogens is 2. The molecule has 0 aliphatic carbocycles. The molecular weight excluding hydrogens is 377 g/mol. The molecule has 2 heterocycles. The molecular formula is C21H17ClFN5. The van der Waals surface area contributed by atoms with E-state index in [1.54, 1.807) is 30.6 Å². The number of hydrogen-bond donors (Lipinski definition) is 1. The van der Waals surface area contributed by atoms with Gasteiger partial charge in [0.05, 0.1) is 11.3 Å². The van der Waals surface area contributed by atoms with Gasteiger partial charge in [0.15, 0.2) is 0 Å². The predicted molar refractivity (Wildman–Crippen MR) is 108 cm³/mol. The summed E-state index contributed by atoms with van der Waals surface area (Å²) < 4.78 is 15.8. The van der Waals surface area contributed by atoms with Gasteiger partial charge in [0, 0.05) is 48.3 Å². The van der Waals surface area contributed by atoms with Gasteiger partial charge in [-0.2, -0.15) is 0 Å². The third-order valence-corrected chi connectivity index (χ3v) is 4.62. The van der Waals surface area contributed by atoms with E-state index in [2.05, 4.69) is 20.3 Å². The summed E-state index contributed by atoms with van der Waals surface area (Å²) in [4.78, 5) is 13.5. The molecule has 0 saturated carbocycles. The lowest BCUT2D eigenvalue weighted by Gasteiger charge is -2.12. The van der Waals surface area contributed by atoms with Crippen LogP contribution in [0.1, 0.15) is 5.56 Å². The van der Waals surface area contributed by atoms with Crippen molar-refractivity contribution in [2.45, 2.75) is 6.54 Å². The van der Waals surface area contributed by atoms with Crippen LogP contribution >= 0.6 is 11.6 Å². The van der Waals surface area contributed by atoms with E-state index in [-0.39, 0.29) is 12.4 Å². The topological polar surface area (TPSA) is 55.6 Å². The second kappa shape index (κ2) is 7.78. The molecule has 1 N–H and O–H groups in total. The van der Waals surface area contributed by atoms with Crippen LogP contribution in [0.2, 0.25) is 5.02 Å². The van der Waals surface area contributed by atoms with Crippen molar-refractivity contribution >= 4 is 17.5 Å². The van der Waals surface area contributed by atoms with Gasteiger partial charge in [0.1, 0.15) is 11.6 Å². The monoisotopic (exact) mass is 393 g/mol. The van der Waals surface area contributed by atoms with Crippen molar-refractivity contribution in [3.8, 4) is 22.6 Å². The summed E-state index contributed by atoms with van der Waals surface area (Å²) in [5, 5.41) is 3.74. The SMILES string of the molecule is Cn1ccnc1-c1cnc(NCc2ccccc2F)nc1-c1ccc(Cl)cc1. The van der Waals surface area contributed by atoms with Gasteiger partial charge in [-0.15, -0.1) is 0 Å². The van der Waals surface area contributed by atoms with Gasteiger partial charge in [-0.1, -0.05) is 41.9 Å². The molecule has 0 aliphatic heterocycles. The predicted octanol–water partition coefficient (Wildman–Crippen LogP) is 4.95. The highest BCUT2D eigenvalue weighted by molar-refractivity contribution is 6.30. The van der Waals surface area contributed by atoms with Crippen molar-refractivity contribution in [1.29, 1.82) is 0 Å². The van der Waals surface area contributed by atoms with Crippen LogP contribution in [0, 0.1) is 5.82 Å². The van der Waals surface area contributed by atoms with Gasteiger partial charge in [0.2, 0.25) is 5.95 Å². The van der Waals surface area contributed by atoms with E-state index in [4.69, 9.17) is 11.6 Å². The maximum atomic E-state index is 13.9. The molecule has 2 aromatic carbocycles. The van der Waals surface area contributed by atoms with E-state index in [1.807, 2.05) is 42.1 Å². The Morgan fingerprint density at radius 1 is 1.07 bits per heavy atom. The van der Waals surface area contributed by atoms with Crippen molar-refractivity contribution in [2.24, 2.45) is 7.05 Å². The van der Waals surface area contributed by atoms with Gasteiger partial charge in [-0.05, 0) is 18.2 Å². The summed E-state index contributed by atoms with van der Waals surface area (Å²) >= 11 is 6.03. The summed E-state index contributed by atoms with van der Waals surface area (Å²) in [6.45, 7) is 0.286. The average molecular weight is 394 g/mol. The Bertz CT molecular complexity index is 1110. The second-order valence-corrected chi connectivity index (χ2v) is 6.71. The molecule has 4 aromatic rings. The van der Waals surface area contributed by atoms with Crippen LogP contribution in [0.3, 0.4) is 0 Å². The van der Waals surface area contributed by atoms with E-state index in [9.17, 15) is 4.39 Å². The van der Waals surface area contributed by atoms with Crippen molar-refractivity contribution in [3.63, 3.8) is 0 Å². The lowest BCUT2D eigenvalue weighted by Crippen LogP contribution is -2.07. The van der Waals surface area contributed by atoms with Crippen molar-refractivity contribution in [2.75, 3.05) is 5.32 Å². The Balaban J connectivity index is 1.72. The van der Waals surface area contributed by atoms with Crippen LogP contribution in [0.5, 0.6) is 0 Å². The van der Waals surface area contributed by atoms with Crippen LogP contribution in [0.25, 0.3) is 22.6 Å². The molecule has 5 nitrogen and oxygen atoms in total. The summed E-state index contributed by atoms with van der Waals surface area (Å²) in [5.41, 5.74) is 2.95. The fourth-order valence-electron chi connectivity index (χ4n) is 2.90. The highest BCUT2D eigenvalue weighted by atomic mass is 35.5. The molecule has 0 saturated heterocycles. The van der Waals surface area contributed by atoms with E-state index >= 15 is 0 Å². The summed E-state index contributed by atoms with van der Waals surface area (Å²) in [5.74, 6) is 0.898. The highest BCUT2D eigenvalue weighted by Gasteiger charge is 2.15. The fourth-order valence-corrected chi connectivity index (χ4v) is 3.03. The first kappa shape index (κ1) is 18.1. The van der Waals surface area contributed by atoms with Crippen molar-refractivity contribution < 1.29 is 4.39 Å². The smallest absolute Gasteiger partial charge is 0.223 e. The number of nitrogens with zero attached hydrogens (tertiary/aromatic N) is 4. The minimum Gasteiger partial charge on any atom is -0.350 e. The first-order chi connectivity index (χ1) is 13.6. The molecule has 140 valence electrons. The van der Waals surface area contributed by atoms with Gasteiger partial charge >= 0.3 is 0 Å². The molecule has 0 unspecified atom stereocenters. The van der Waals surface area contributed by atoms with Crippen LogP contribution < -0.4 is 5.32 Å². The first-order valence-corrected chi connectivity index (χ1v) is 9.07. The van der Waals surface area contributed by atoms with E-state index in [0.717, 1.165) is 22.6 Å². The summed E-state index contributed by atoms with van der Waals surface area (Å²) in [6, 6.07) is 14.0. The van der Waals surface area contributed by atoms with E-state index < -0.39 is 0 Å². The van der Waals surface area contributed by atoms with Gasteiger partial charge in [0.25, 0.3) is 0 Å². The number of hydrogen-bond acceptors (Lipinski definition) is 4. The quantitative estimate of drug-likeness (QED) is 0.521. The highest BCUT2D eigenvalue weighted by Crippen LogP contribution is 2.30. The van der Waals surface area contributed by atoms with E-state index in [0.29, 0.717) is 16.5 Å². The molecule has 0 bridgehead atoms. The molecule has 0 radical (unpaired) electrons. The molecule has 0 spiro atoms.